The molecule has 0 spiro atoms. The van der Waals surface area contributed by atoms with Crippen molar-refractivity contribution >= 4 is 17.6 Å². The van der Waals surface area contributed by atoms with Crippen molar-refractivity contribution in [1.29, 1.82) is 0 Å². The van der Waals surface area contributed by atoms with Gasteiger partial charge in [-0.1, -0.05) is 0 Å². The van der Waals surface area contributed by atoms with Gasteiger partial charge in [0.15, 0.2) is 0 Å². The largest absolute Gasteiger partial charge is 0.495 e. The molecule has 1 aliphatic rings. The van der Waals surface area contributed by atoms with Crippen molar-refractivity contribution in [3.05, 3.63) is 23.8 Å². The Bertz CT molecular complexity index is 514. The van der Waals surface area contributed by atoms with E-state index in [0.717, 1.165) is 0 Å². The molecule has 1 saturated heterocycles. The average molecular weight is 265 g/mol. The molecular formula is C13H15NO5. The van der Waals surface area contributed by atoms with Gasteiger partial charge < -0.3 is 19.8 Å². The lowest BCUT2D eigenvalue weighted by atomic mass is 10.1. The minimum absolute atomic E-state index is 0.0439. The van der Waals surface area contributed by atoms with Gasteiger partial charge in [0.25, 0.3) is 0 Å². The Morgan fingerprint density at radius 2 is 2.26 bits per heavy atom. The molecule has 2 N–H and O–H groups in total. The highest BCUT2D eigenvalue weighted by molar-refractivity contribution is 5.98. The van der Waals surface area contributed by atoms with Gasteiger partial charge in [0.1, 0.15) is 5.75 Å². The number of amides is 1. The highest BCUT2D eigenvalue weighted by Crippen LogP contribution is 2.33. The maximum atomic E-state index is 11.9. The number of nitrogens with zero attached hydrogens (tertiary/aromatic N) is 1. The van der Waals surface area contributed by atoms with E-state index in [2.05, 4.69) is 0 Å². The van der Waals surface area contributed by atoms with Crippen LogP contribution in [0, 0.1) is 5.92 Å². The van der Waals surface area contributed by atoms with E-state index < -0.39 is 5.97 Å². The molecule has 1 aromatic carbocycles. The lowest BCUT2D eigenvalue weighted by molar-refractivity contribution is -0.117. The Hall–Kier alpha value is -2.08. The van der Waals surface area contributed by atoms with E-state index in [-0.39, 0.29) is 24.0 Å². The minimum Gasteiger partial charge on any atom is -0.495 e. The van der Waals surface area contributed by atoms with Crippen LogP contribution in [0.3, 0.4) is 0 Å². The first-order chi connectivity index (χ1) is 9.06. The quantitative estimate of drug-likeness (QED) is 0.838. The first kappa shape index (κ1) is 13.4. The lowest BCUT2D eigenvalue weighted by Gasteiger charge is -2.19. The average Bonchev–Trinajstić information content (AvgIpc) is 2.79. The van der Waals surface area contributed by atoms with Crippen LogP contribution >= 0.6 is 0 Å². The molecule has 1 aliphatic heterocycles. The van der Waals surface area contributed by atoms with Crippen LogP contribution < -0.4 is 9.64 Å². The van der Waals surface area contributed by atoms with Gasteiger partial charge in [-0.15, -0.1) is 0 Å². The highest BCUT2D eigenvalue weighted by atomic mass is 16.5. The van der Waals surface area contributed by atoms with Crippen LogP contribution in [0.5, 0.6) is 5.75 Å². The van der Waals surface area contributed by atoms with E-state index in [1.807, 2.05) is 0 Å². The van der Waals surface area contributed by atoms with E-state index in [9.17, 15) is 9.59 Å². The van der Waals surface area contributed by atoms with Crippen LogP contribution in [0.15, 0.2) is 18.2 Å². The number of benzene rings is 1. The third-order valence-corrected chi connectivity index (χ3v) is 3.18. The van der Waals surface area contributed by atoms with Crippen LogP contribution in [0.1, 0.15) is 16.8 Å². The summed E-state index contributed by atoms with van der Waals surface area (Å²) in [5.74, 6) is -0.894. The maximum absolute atomic E-state index is 11.9. The van der Waals surface area contributed by atoms with Crippen LogP contribution in [-0.2, 0) is 4.79 Å². The summed E-state index contributed by atoms with van der Waals surface area (Å²) >= 11 is 0. The van der Waals surface area contributed by atoms with Gasteiger partial charge in [-0.05, 0) is 18.2 Å². The lowest BCUT2D eigenvalue weighted by Crippen LogP contribution is -2.25. The number of rotatable bonds is 4. The van der Waals surface area contributed by atoms with E-state index in [0.29, 0.717) is 24.4 Å². The zero-order chi connectivity index (χ0) is 14.0. The van der Waals surface area contributed by atoms with Crippen molar-refractivity contribution in [1.82, 2.24) is 0 Å². The zero-order valence-corrected chi connectivity index (χ0v) is 10.5. The Morgan fingerprint density at radius 1 is 1.53 bits per heavy atom. The van der Waals surface area contributed by atoms with Gasteiger partial charge in [-0.25, -0.2) is 4.79 Å². The Morgan fingerprint density at radius 3 is 2.79 bits per heavy atom. The summed E-state index contributed by atoms with van der Waals surface area (Å²) in [5.41, 5.74) is 0.638. The predicted molar refractivity (Wildman–Crippen MR) is 67.5 cm³/mol. The number of aromatic carboxylic acids is 1. The number of aliphatic hydroxyl groups excluding tert-OH is 1. The number of methoxy groups -OCH3 is 1. The number of hydrogen-bond donors (Lipinski definition) is 2. The number of carboxylic acid groups (broad SMARTS) is 1. The number of carbonyl (C=O) groups excluding carboxylic acids is 1. The van der Waals surface area contributed by atoms with Crippen molar-refractivity contribution in [2.24, 2.45) is 5.92 Å². The van der Waals surface area contributed by atoms with E-state index >= 15 is 0 Å². The second kappa shape index (κ2) is 5.27. The number of carbonyl (C=O) groups is 2. The predicted octanol–water partition coefficient (Wildman–Crippen LogP) is 0.739. The molecule has 0 aromatic heterocycles. The maximum Gasteiger partial charge on any atom is 0.335 e. The molecule has 0 aliphatic carbocycles. The fourth-order valence-corrected chi connectivity index (χ4v) is 2.17. The van der Waals surface area contributed by atoms with Crippen LogP contribution in [0.4, 0.5) is 5.69 Å². The van der Waals surface area contributed by atoms with E-state index in [1.54, 1.807) is 6.07 Å². The summed E-state index contributed by atoms with van der Waals surface area (Å²) in [4.78, 5) is 24.3. The first-order valence-electron chi connectivity index (χ1n) is 5.89. The van der Waals surface area contributed by atoms with Crippen molar-refractivity contribution in [3.8, 4) is 5.75 Å². The molecular weight excluding hydrogens is 250 g/mol. The number of ether oxygens (including phenoxy) is 1. The molecule has 1 aromatic rings. The molecule has 0 radical (unpaired) electrons. The molecule has 102 valence electrons. The molecule has 6 nitrogen and oxygen atoms in total. The Labute approximate surface area is 110 Å². The van der Waals surface area contributed by atoms with Gasteiger partial charge in [0.05, 0.1) is 18.4 Å². The number of carboxylic acids is 1. The first-order valence-corrected chi connectivity index (χ1v) is 5.89. The van der Waals surface area contributed by atoms with Crippen molar-refractivity contribution < 1.29 is 24.5 Å². The third kappa shape index (κ3) is 2.53. The zero-order valence-electron chi connectivity index (χ0n) is 10.5. The molecule has 0 saturated carbocycles. The summed E-state index contributed by atoms with van der Waals surface area (Å²) in [6.07, 6.45) is 0.292. The Balaban J connectivity index is 2.34. The van der Waals surface area contributed by atoms with Crippen LogP contribution in [-0.4, -0.2) is 42.4 Å². The molecule has 1 unspecified atom stereocenters. The Kier molecular flexibility index (Phi) is 3.71. The highest BCUT2D eigenvalue weighted by Gasteiger charge is 2.31. The topological polar surface area (TPSA) is 87.1 Å². The SMILES string of the molecule is COc1cc(C(=O)O)ccc1N1CC(CO)CC1=O. The van der Waals surface area contributed by atoms with Gasteiger partial charge in [-0.2, -0.15) is 0 Å². The van der Waals surface area contributed by atoms with Crippen LogP contribution in [0.25, 0.3) is 0 Å². The minimum atomic E-state index is -1.05. The smallest absolute Gasteiger partial charge is 0.335 e. The molecule has 6 heteroatoms. The van der Waals surface area contributed by atoms with E-state index in [4.69, 9.17) is 14.9 Å². The fraction of sp³-hybridized carbons (Fsp3) is 0.385. The summed E-state index contributed by atoms with van der Waals surface area (Å²) in [6.45, 7) is 0.371. The number of aliphatic hydroxyl groups is 1. The summed E-state index contributed by atoms with van der Waals surface area (Å²) in [5, 5.41) is 18.0. The second-order valence-corrected chi connectivity index (χ2v) is 4.45. The monoisotopic (exact) mass is 265 g/mol. The van der Waals surface area contributed by atoms with Gasteiger partial charge in [0.2, 0.25) is 5.91 Å². The normalized spacial score (nSPS) is 18.7. The molecule has 1 fully saturated rings. The number of hydrogen-bond acceptors (Lipinski definition) is 4. The molecule has 2 rings (SSSR count). The van der Waals surface area contributed by atoms with Crippen molar-refractivity contribution in [3.63, 3.8) is 0 Å². The van der Waals surface area contributed by atoms with Gasteiger partial charge >= 0.3 is 5.97 Å². The second-order valence-electron chi connectivity index (χ2n) is 4.45. The molecule has 19 heavy (non-hydrogen) atoms. The van der Waals surface area contributed by atoms with E-state index in [1.165, 1.54) is 24.1 Å². The summed E-state index contributed by atoms with van der Waals surface area (Å²) in [6, 6.07) is 4.37. The summed E-state index contributed by atoms with van der Waals surface area (Å²) in [7, 11) is 1.43. The summed E-state index contributed by atoms with van der Waals surface area (Å²) < 4.78 is 5.15. The standard InChI is InChI=1S/C13H15NO5/c1-19-11-5-9(13(17)18)2-3-10(11)14-6-8(7-15)4-12(14)16/h2-3,5,8,15H,4,6-7H2,1H3,(H,17,18). The van der Waals surface area contributed by atoms with Gasteiger partial charge in [-0.3, -0.25) is 4.79 Å². The molecule has 1 atom stereocenters. The molecule has 0 bridgehead atoms. The molecule has 1 heterocycles. The van der Waals surface area contributed by atoms with Crippen molar-refractivity contribution in [2.45, 2.75) is 6.42 Å². The number of anilines is 1. The van der Waals surface area contributed by atoms with Crippen LogP contribution in [0.2, 0.25) is 0 Å². The van der Waals surface area contributed by atoms with Gasteiger partial charge in [0, 0.05) is 25.5 Å². The molecule has 1 amide bonds. The fourth-order valence-electron chi connectivity index (χ4n) is 2.17. The van der Waals surface area contributed by atoms with Crippen molar-refractivity contribution in [2.75, 3.05) is 25.2 Å². The third-order valence-electron chi connectivity index (χ3n) is 3.18.